The number of aryl methyl sites for hydroxylation is 1. The summed E-state index contributed by atoms with van der Waals surface area (Å²) in [7, 11) is 0. The first kappa shape index (κ1) is 14.3. The Morgan fingerprint density at radius 2 is 2.30 bits per heavy atom. The summed E-state index contributed by atoms with van der Waals surface area (Å²) >= 11 is 0. The van der Waals surface area contributed by atoms with Crippen LogP contribution in [0.3, 0.4) is 0 Å². The van der Waals surface area contributed by atoms with Gasteiger partial charge in [0.25, 0.3) is 5.89 Å². The minimum atomic E-state index is -0.107. The number of hydrogen-bond donors (Lipinski definition) is 1. The minimum Gasteiger partial charge on any atom is -0.368 e. The van der Waals surface area contributed by atoms with Gasteiger partial charge in [-0.15, -0.1) is 0 Å². The van der Waals surface area contributed by atoms with Crippen molar-refractivity contribution < 1.29 is 9.26 Å². The second-order valence-corrected chi connectivity index (χ2v) is 5.85. The van der Waals surface area contributed by atoms with Crippen molar-refractivity contribution in [3.8, 4) is 0 Å². The van der Waals surface area contributed by atoms with Crippen LogP contribution in [0.4, 0.5) is 0 Å². The Hall–Kier alpha value is -2.25. The predicted octanol–water partition coefficient (Wildman–Crippen LogP) is 1.89. The molecule has 4 rings (SSSR count). The van der Waals surface area contributed by atoms with Crippen molar-refractivity contribution in [1.29, 1.82) is 0 Å². The molecule has 1 fully saturated rings. The first-order valence-electron chi connectivity index (χ1n) is 7.85. The van der Waals surface area contributed by atoms with E-state index in [0.717, 1.165) is 37.5 Å². The van der Waals surface area contributed by atoms with Gasteiger partial charge in [-0.1, -0.05) is 11.2 Å². The molecule has 120 valence electrons. The quantitative estimate of drug-likeness (QED) is 0.775. The van der Waals surface area contributed by atoms with Crippen LogP contribution < -0.4 is 5.32 Å². The molecule has 1 aliphatic heterocycles. The van der Waals surface area contributed by atoms with E-state index in [9.17, 15) is 0 Å². The van der Waals surface area contributed by atoms with Gasteiger partial charge in [-0.2, -0.15) is 4.98 Å². The fourth-order valence-corrected chi connectivity index (χ4v) is 3.00. The zero-order valence-electron chi connectivity index (χ0n) is 13.0. The number of aromatic nitrogens is 4. The first-order chi connectivity index (χ1) is 11.3. The fourth-order valence-electron chi connectivity index (χ4n) is 3.00. The highest BCUT2D eigenvalue weighted by atomic mass is 16.5. The molecule has 0 aromatic carbocycles. The van der Waals surface area contributed by atoms with E-state index in [0.29, 0.717) is 17.6 Å². The highest BCUT2D eigenvalue weighted by molar-refractivity contribution is 5.39. The predicted molar refractivity (Wildman–Crippen MR) is 82.7 cm³/mol. The van der Waals surface area contributed by atoms with Gasteiger partial charge in [-0.3, -0.25) is 0 Å². The number of hydrogen-bond acceptors (Lipinski definition) is 6. The van der Waals surface area contributed by atoms with Crippen molar-refractivity contribution in [2.45, 2.75) is 26.0 Å². The number of nitrogens with one attached hydrogen (secondary N) is 1. The molecule has 0 radical (unpaired) electrons. The summed E-state index contributed by atoms with van der Waals surface area (Å²) in [5, 5.41) is 7.31. The average molecular weight is 313 g/mol. The number of rotatable bonds is 5. The Balaban J connectivity index is 1.36. The molecule has 1 saturated heterocycles. The van der Waals surface area contributed by atoms with Crippen LogP contribution in [-0.2, 0) is 11.3 Å². The second-order valence-electron chi connectivity index (χ2n) is 5.85. The van der Waals surface area contributed by atoms with Crippen molar-refractivity contribution in [1.82, 2.24) is 24.8 Å². The van der Waals surface area contributed by atoms with Gasteiger partial charge in [0.1, 0.15) is 11.8 Å². The van der Waals surface area contributed by atoms with Crippen LogP contribution >= 0.6 is 0 Å². The molecule has 0 spiro atoms. The van der Waals surface area contributed by atoms with Gasteiger partial charge >= 0.3 is 0 Å². The summed E-state index contributed by atoms with van der Waals surface area (Å²) in [5.74, 6) is 1.57. The van der Waals surface area contributed by atoms with E-state index in [-0.39, 0.29) is 6.10 Å². The summed E-state index contributed by atoms with van der Waals surface area (Å²) in [6.45, 7) is 4.11. The minimum absolute atomic E-state index is 0.107. The lowest BCUT2D eigenvalue weighted by Crippen LogP contribution is -2.24. The lowest BCUT2D eigenvalue weighted by Gasteiger charge is -2.15. The molecular weight excluding hydrogens is 294 g/mol. The van der Waals surface area contributed by atoms with Crippen LogP contribution in [0.1, 0.15) is 29.9 Å². The third kappa shape index (κ3) is 2.97. The summed E-state index contributed by atoms with van der Waals surface area (Å²) in [6, 6.07) is 5.99. The van der Waals surface area contributed by atoms with E-state index >= 15 is 0 Å². The van der Waals surface area contributed by atoms with Crippen molar-refractivity contribution in [2.75, 3.05) is 13.2 Å². The first-order valence-corrected chi connectivity index (χ1v) is 7.85. The zero-order chi connectivity index (χ0) is 15.6. The molecule has 7 heteroatoms. The number of pyridine rings is 1. The molecular formula is C16H19N5O2. The maximum absolute atomic E-state index is 5.76. The van der Waals surface area contributed by atoms with E-state index in [1.54, 1.807) is 0 Å². The molecule has 0 amide bonds. The molecule has 1 N–H and O–H groups in total. The Bertz CT molecular complexity index is 763. The second kappa shape index (κ2) is 6.10. The van der Waals surface area contributed by atoms with Gasteiger partial charge in [0, 0.05) is 38.0 Å². The summed E-state index contributed by atoms with van der Waals surface area (Å²) in [6.07, 6.45) is 4.94. The molecule has 3 aromatic heterocycles. The monoisotopic (exact) mass is 313 g/mol. The van der Waals surface area contributed by atoms with Crippen LogP contribution in [0.5, 0.6) is 0 Å². The third-order valence-electron chi connectivity index (χ3n) is 4.13. The summed E-state index contributed by atoms with van der Waals surface area (Å²) in [4.78, 5) is 8.88. The SMILES string of the molecule is Cc1noc([C@H]2OCC[C@H]2CNCc2cn3ccccc3n2)n1. The van der Waals surface area contributed by atoms with Crippen LogP contribution in [0, 0.1) is 12.8 Å². The number of nitrogens with zero attached hydrogens (tertiary/aromatic N) is 4. The molecule has 0 unspecified atom stereocenters. The number of fused-ring (bicyclic) bond motifs is 1. The normalized spacial score (nSPS) is 21.3. The molecule has 4 heterocycles. The van der Waals surface area contributed by atoms with Gasteiger partial charge in [0.15, 0.2) is 5.82 Å². The van der Waals surface area contributed by atoms with Gasteiger partial charge in [0.05, 0.1) is 5.69 Å². The molecule has 0 bridgehead atoms. The third-order valence-corrected chi connectivity index (χ3v) is 4.13. The largest absolute Gasteiger partial charge is 0.368 e. The smallest absolute Gasteiger partial charge is 0.256 e. The maximum atomic E-state index is 5.76. The molecule has 1 aliphatic rings. The average Bonchev–Trinajstić information content (AvgIpc) is 3.25. The summed E-state index contributed by atoms with van der Waals surface area (Å²) in [5.41, 5.74) is 1.99. The van der Waals surface area contributed by atoms with Crippen LogP contribution in [0.25, 0.3) is 5.65 Å². The van der Waals surface area contributed by atoms with E-state index in [2.05, 4.69) is 20.4 Å². The highest BCUT2D eigenvalue weighted by Crippen LogP contribution is 2.33. The lowest BCUT2D eigenvalue weighted by atomic mass is 10.0. The Morgan fingerprint density at radius 3 is 3.13 bits per heavy atom. The van der Waals surface area contributed by atoms with E-state index < -0.39 is 0 Å². The maximum Gasteiger partial charge on any atom is 0.256 e. The zero-order valence-corrected chi connectivity index (χ0v) is 13.0. The molecule has 0 saturated carbocycles. The van der Waals surface area contributed by atoms with Gasteiger partial charge < -0.3 is 19.0 Å². The van der Waals surface area contributed by atoms with Crippen LogP contribution in [-0.4, -0.2) is 32.7 Å². The lowest BCUT2D eigenvalue weighted by molar-refractivity contribution is 0.0623. The van der Waals surface area contributed by atoms with E-state index in [1.165, 1.54) is 0 Å². The van der Waals surface area contributed by atoms with Crippen molar-refractivity contribution in [2.24, 2.45) is 5.92 Å². The molecule has 23 heavy (non-hydrogen) atoms. The van der Waals surface area contributed by atoms with E-state index in [4.69, 9.17) is 9.26 Å². The van der Waals surface area contributed by atoms with Crippen LogP contribution in [0.2, 0.25) is 0 Å². The molecule has 3 aromatic rings. The molecule has 2 atom stereocenters. The van der Waals surface area contributed by atoms with Crippen molar-refractivity contribution in [3.05, 3.63) is 48.0 Å². The Kier molecular flexibility index (Phi) is 3.80. The van der Waals surface area contributed by atoms with Crippen molar-refractivity contribution >= 4 is 5.65 Å². The van der Waals surface area contributed by atoms with Gasteiger partial charge in [-0.05, 0) is 25.5 Å². The van der Waals surface area contributed by atoms with E-state index in [1.807, 2.05) is 41.9 Å². The molecule has 7 nitrogen and oxygen atoms in total. The van der Waals surface area contributed by atoms with Crippen molar-refractivity contribution in [3.63, 3.8) is 0 Å². The Labute approximate surface area is 133 Å². The van der Waals surface area contributed by atoms with Crippen LogP contribution in [0.15, 0.2) is 35.1 Å². The Morgan fingerprint density at radius 1 is 1.35 bits per heavy atom. The number of ether oxygens (including phenoxy) is 1. The van der Waals surface area contributed by atoms with Gasteiger partial charge in [0.2, 0.25) is 0 Å². The number of imidazole rings is 1. The summed E-state index contributed by atoms with van der Waals surface area (Å²) < 4.78 is 13.0. The molecule has 0 aliphatic carbocycles. The fraction of sp³-hybridized carbons (Fsp3) is 0.438. The highest BCUT2D eigenvalue weighted by Gasteiger charge is 2.33. The topological polar surface area (TPSA) is 77.5 Å². The van der Waals surface area contributed by atoms with Gasteiger partial charge in [-0.25, -0.2) is 4.98 Å². The standard InChI is InChI=1S/C16H19N5O2/c1-11-18-16(23-20-11)15-12(5-7-22-15)8-17-9-13-10-21-6-3-2-4-14(21)19-13/h2-4,6,10,12,15,17H,5,7-9H2,1H3/t12-,15-/m0/s1.